The van der Waals surface area contributed by atoms with Crippen molar-refractivity contribution in [1.29, 1.82) is 0 Å². The van der Waals surface area contributed by atoms with Gasteiger partial charge >= 0.3 is 0 Å². The summed E-state index contributed by atoms with van der Waals surface area (Å²) in [5, 5.41) is 3.05. The molecule has 3 rings (SSSR count). The second kappa shape index (κ2) is 7.02. The topological polar surface area (TPSA) is 89.3 Å². The van der Waals surface area contributed by atoms with E-state index in [0.717, 1.165) is 25.7 Å². The Morgan fingerprint density at radius 3 is 2.67 bits per heavy atom. The number of amides is 1. The molecule has 3 N–H and O–H groups in total. The number of halogens is 1. The number of nitrogens with one attached hydrogen (secondary N) is 1. The first-order chi connectivity index (χ1) is 10.8. The van der Waals surface area contributed by atoms with E-state index in [-0.39, 0.29) is 36.0 Å². The van der Waals surface area contributed by atoms with Crippen LogP contribution in [0.1, 0.15) is 50.6 Å². The maximum Gasteiger partial charge on any atom is 0.225 e. The van der Waals surface area contributed by atoms with Crippen LogP contribution in [0.5, 0.6) is 0 Å². The van der Waals surface area contributed by atoms with Crippen molar-refractivity contribution in [2.45, 2.75) is 55.5 Å². The second-order valence-electron chi connectivity index (χ2n) is 7.01. The molecular weight excluding hydrogens is 348 g/mol. The highest BCUT2D eigenvalue weighted by Gasteiger charge is 2.39. The Morgan fingerprint density at radius 1 is 1.25 bits per heavy atom. The number of hydrogen-bond donors (Lipinski definition) is 2. The Labute approximate surface area is 149 Å². The van der Waals surface area contributed by atoms with Crippen LogP contribution in [0.3, 0.4) is 0 Å². The van der Waals surface area contributed by atoms with Crippen LogP contribution in [0.2, 0.25) is 0 Å². The average Bonchev–Trinajstić information content (AvgIpc) is 2.50. The van der Waals surface area contributed by atoms with Gasteiger partial charge in [0, 0.05) is 5.54 Å². The van der Waals surface area contributed by atoms with Crippen molar-refractivity contribution in [3.8, 4) is 0 Å². The summed E-state index contributed by atoms with van der Waals surface area (Å²) in [7, 11) is -3.23. The molecule has 1 aromatic rings. The van der Waals surface area contributed by atoms with Gasteiger partial charge in [0.2, 0.25) is 5.91 Å². The molecular formula is C17H25ClN2O3S. The molecule has 1 heterocycles. The lowest BCUT2D eigenvalue weighted by Gasteiger charge is -2.38. The largest absolute Gasteiger partial charge is 0.349 e. The van der Waals surface area contributed by atoms with Crippen molar-refractivity contribution in [3.05, 3.63) is 29.8 Å². The molecule has 0 spiro atoms. The molecule has 1 saturated carbocycles. The van der Waals surface area contributed by atoms with Gasteiger partial charge in [-0.15, -0.1) is 12.4 Å². The van der Waals surface area contributed by atoms with E-state index in [1.807, 2.05) is 13.0 Å². The minimum atomic E-state index is -3.23. The molecule has 0 radical (unpaired) electrons. The van der Waals surface area contributed by atoms with E-state index in [1.165, 1.54) is 0 Å². The normalized spacial score (nSPS) is 31.4. The lowest BCUT2D eigenvalue weighted by atomic mass is 9.74. The van der Waals surface area contributed by atoms with Crippen LogP contribution in [0, 0.1) is 5.92 Å². The molecule has 24 heavy (non-hydrogen) atoms. The van der Waals surface area contributed by atoms with Crippen LogP contribution in [0.25, 0.3) is 0 Å². The maximum atomic E-state index is 12.7. The Kier molecular flexibility index (Phi) is 5.62. The van der Waals surface area contributed by atoms with Gasteiger partial charge in [0.1, 0.15) is 0 Å². The molecule has 3 unspecified atom stereocenters. The van der Waals surface area contributed by atoms with E-state index >= 15 is 0 Å². The van der Waals surface area contributed by atoms with Crippen LogP contribution >= 0.6 is 12.4 Å². The van der Waals surface area contributed by atoms with E-state index in [2.05, 4.69) is 5.32 Å². The van der Waals surface area contributed by atoms with Crippen LogP contribution < -0.4 is 11.1 Å². The Balaban J connectivity index is 0.00000208. The molecule has 2 aliphatic rings. The number of hydrogen-bond acceptors (Lipinski definition) is 4. The predicted octanol–water partition coefficient (Wildman–Crippen LogP) is 2.35. The summed E-state index contributed by atoms with van der Waals surface area (Å²) in [5.74, 6) is -0.185. The van der Waals surface area contributed by atoms with Crippen molar-refractivity contribution >= 4 is 28.2 Å². The lowest BCUT2D eigenvalue weighted by molar-refractivity contribution is -0.129. The molecule has 0 saturated heterocycles. The second-order valence-corrected chi connectivity index (χ2v) is 9.09. The summed E-state index contributed by atoms with van der Waals surface area (Å²) in [6.45, 7) is 1.94. The van der Waals surface area contributed by atoms with Crippen LogP contribution in [0.4, 0.5) is 0 Å². The first-order valence-corrected chi connectivity index (χ1v) is 9.87. The summed E-state index contributed by atoms with van der Waals surface area (Å²) in [5.41, 5.74) is 6.52. The van der Waals surface area contributed by atoms with E-state index in [0.29, 0.717) is 16.9 Å². The summed E-state index contributed by atoms with van der Waals surface area (Å²) in [4.78, 5) is 13.1. The monoisotopic (exact) mass is 372 g/mol. The Morgan fingerprint density at radius 2 is 1.96 bits per heavy atom. The number of rotatable bonds is 2. The Bertz CT molecular complexity index is 718. The van der Waals surface area contributed by atoms with Gasteiger partial charge in [-0.25, -0.2) is 8.42 Å². The highest BCUT2D eigenvalue weighted by molar-refractivity contribution is 7.91. The van der Waals surface area contributed by atoms with Gasteiger partial charge in [0.15, 0.2) is 9.84 Å². The van der Waals surface area contributed by atoms with Gasteiger partial charge in [-0.1, -0.05) is 31.0 Å². The molecule has 7 heteroatoms. The third kappa shape index (κ3) is 3.60. The zero-order chi connectivity index (χ0) is 16.7. The minimum Gasteiger partial charge on any atom is -0.349 e. The zero-order valence-electron chi connectivity index (χ0n) is 13.8. The molecule has 0 bridgehead atoms. The lowest BCUT2D eigenvalue weighted by Crippen LogP contribution is -2.53. The number of fused-ring (bicyclic) bond motifs is 1. The third-order valence-electron chi connectivity index (χ3n) is 5.19. The fourth-order valence-electron chi connectivity index (χ4n) is 3.80. The number of carbonyl (C=O) groups is 1. The van der Waals surface area contributed by atoms with Gasteiger partial charge < -0.3 is 11.1 Å². The van der Waals surface area contributed by atoms with Gasteiger partial charge in [0.25, 0.3) is 0 Å². The van der Waals surface area contributed by atoms with Crippen molar-refractivity contribution < 1.29 is 13.2 Å². The molecule has 1 aliphatic carbocycles. The van der Waals surface area contributed by atoms with Crippen molar-refractivity contribution in [1.82, 2.24) is 5.32 Å². The molecule has 0 aromatic heterocycles. The van der Waals surface area contributed by atoms with Crippen LogP contribution in [0.15, 0.2) is 29.2 Å². The summed E-state index contributed by atoms with van der Waals surface area (Å²) >= 11 is 0. The fourth-order valence-corrected chi connectivity index (χ4v) is 5.42. The maximum absolute atomic E-state index is 12.7. The van der Waals surface area contributed by atoms with Gasteiger partial charge in [0.05, 0.1) is 22.6 Å². The zero-order valence-corrected chi connectivity index (χ0v) is 15.5. The standard InChI is InChI=1S/C17H24N2O3S.ClH/c1-17(18)10-5-4-7-13(17)16(20)19-14-9-11-23(21,22)15-8-3-2-6-12(14)15;/h2-3,6,8,13-14H,4-5,7,9-11,18H2,1H3,(H,19,20);1H. The smallest absolute Gasteiger partial charge is 0.225 e. The third-order valence-corrected chi connectivity index (χ3v) is 7.01. The SMILES string of the molecule is CC1(N)CCCCC1C(=O)NC1CCS(=O)(=O)c2ccccc21.Cl. The molecule has 1 aliphatic heterocycles. The fraction of sp³-hybridized carbons (Fsp3) is 0.588. The summed E-state index contributed by atoms with van der Waals surface area (Å²) in [6, 6.07) is 6.70. The van der Waals surface area contributed by atoms with E-state index < -0.39 is 15.4 Å². The van der Waals surface area contributed by atoms with Gasteiger partial charge in [-0.05, 0) is 37.8 Å². The molecule has 5 nitrogen and oxygen atoms in total. The van der Waals surface area contributed by atoms with Crippen LogP contribution in [-0.4, -0.2) is 25.6 Å². The highest BCUT2D eigenvalue weighted by Crippen LogP contribution is 2.35. The first kappa shape index (κ1) is 19.2. The molecule has 1 aromatic carbocycles. The highest BCUT2D eigenvalue weighted by atomic mass is 35.5. The summed E-state index contributed by atoms with van der Waals surface area (Å²) < 4.78 is 24.4. The first-order valence-electron chi connectivity index (χ1n) is 8.22. The van der Waals surface area contributed by atoms with Crippen molar-refractivity contribution in [2.24, 2.45) is 11.7 Å². The van der Waals surface area contributed by atoms with Crippen molar-refractivity contribution in [2.75, 3.05) is 5.75 Å². The molecule has 1 fully saturated rings. The average molecular weight is 373 g/mol. The molecule has 1 amide bonds. The number of benzene rings is 1. The minimum absolute atomic E-state index is 0. The van der Waals surface area contributed by atoms with Crippen LogP contribution in [-0.2, 0) is 14.6 Å². The number of sulfone groups is 1. The Hall–Kier alpha value is -1.11. The van der Waals surface area contributed by atoms with E-state index in [9.17, 15) is 13.2 Å². The molecule has 134 valence electrons. The van der Waals surface area contributed by atoms with Gasteiger partial charge in [-0.2, -0.15) is 0 Å². The summed E-state index contributed by atoms with van der Waals surface area (Å²) in [6.07, 6.45) is 4.13. The number of nitrogens with two attached hydrogens (primary N) is 1. The number of carbonyl (C=O) groups excluding carboxylic acids is 1. The quantitative estimate of drug-likeness (QED) is 0.833. The molecule has 3 atom stereocenters. The van der Waals surface area contributed by atoms with Gasteiger partial charge in [-0.3, -0.25) is 4.79 Å². The van der Waals surface area contributed by atoms with E-state index in [1.54, 1.807) is 18.2 Å². The predicted molar refractivity (Wildman–Crippen MR) is 95.8 cm³/mol. The van der Waals surface area contributed by atoms with E-state index in [4.69, 9.17) is 5.73 Å². The van der Waals surface area contributed by atoms with Crippen molar-refractivity contribution in [3.63, 3.8) is 0 Å².